The van der Waals surface area contributed by atoms with Gasteiger partial charge >= 0.3 is 12.1 Å². The highest BCUT2D eigenvalue weighted by Gasteiger charge is 2.27. The molecule has 0 aliphatic rings. The number of alkyl halides is 3. The number of anilines is 2. The fourth-order valence-electron chi connectivity index (χ4n) is 1.09. The predicted octanol–water partition coefficient (Wildman–Crippen LogP) is 1.94. The molecule has 0 aromatic heterocycles. The van der Waals surface area contributed by atoms with E-state index in [0.717, 1.165) is 12.1 Å². The summed E-state index contributed by atoms with van der Waals surface area (Å²) in [7, 11) is 0. The molecule has 7 heteroatoms. The first-order chi connectivity index (χ1) is 7.29. The Bertz CT molecular complexity index is 404. The van der Waals surface area contributed by atoms with E-state index < -0.39 is 18.7 Å². The van der Waals surface area contributed by atoms with Crippen molar-refractivity contribution in [1.29, 1.82) is 0 Å². The standard InChI is InChI=1S/C9H9F3N2O2/c10-9(11,12)4-14-7-3-5(13)1-2-6(7)8(15)16/h1-3,14H,4,13H2,(H,15,16). The van der Waals surface area contributed by atoms with Gasteiger partial charge < -0.3 is 16.2 Å². The number of halogens is 3. The average molecular weight is 234 g/mol. The molecule has 0 bridgehead atoms. The summed E-state index contributed by atoms with van der Waals surface area (Å²) >= 11 is 0. The molecular formula is C9H9F3N2O2. The van der Waals surface area contributed by atoms with Crippen LogP contribution >= 0.6 is 0 Å². The largest absolute Gasteiger partial charge is 0.478 e. The molecule has 0 saturated heterocycles. The van der Waals surface area contributed by atoms with Crippen molar-refractivity contribution in [2.45, 2.75) is 6.18 Å². The minimum absolute atomic E-state index is 0.148. The first-order valence-corrected chi connectivity index (χ1v) is 4.23. The van der Waals surface area contributed by atoms with Crippen molar-refractivity contribution in [3.63, 3.8) is 0 Å². The van der Waals surface area contributed by atoms with Crippen LogP contribution in [0, 0.1) is 0 Å². The van der Waals surface area contributed by atoms with Crippen molar-refractivity contribution in [3.8, 4) is 0 Å². The number of nitrogens with one attached hydrogen (secondary N) is 1. The molecule has 0 aliphatic carbocycles. The van der Waals surface area contributed by atoms with E-state index in [1.165, 1.54) is 6.07 Å². The third-order valence-electron chi connectivity index (χ3n) is 1.75. The highest BCUT2D eigenvalue weighted by molar-refractivity contribution is 5.95. The van der Waals surface area contributed by atoms with Gasteiger partial charge in [-0.2, -0.15) is 13.2 Å². The molecule has 0 saturated carbocycles. The highest BCUT2D eigenvalue weighted by atomic mass is 19.4. The van der Waals surface area contributed by atoms with E-state index in [0.29, 0.717) is 0 Å². The van der Waals surface area contributed by atoms with E-state index in [1.807, 2.05) is 5.32 Å². The van der Waals surface area contributed by atoms with Crippen molar-refractivity contribution in [3.05, 3.63) is 23.8 Å². The normalized spacial score (nSPS) is 11.2. The predicted molar refractivity (Wildman–Crippen MR) is 52.4 cm³/mol. The number of nitrogen functional groups attached to an aromatic ring is 1. The first-order valence-electron chi connectivity index (χ1n) is 4.23. The lowest BCUT2D eigenvalue weighted by atomic mass is 10.1. The second-order valence-electron chi connectivity index (χ2n) is 3.08. The zero-order chi connectivity index (χ0) is 12.3. The van der Waals surface area contributed by atoms with Crippen LogP contribution in [0.4, 0.5) is 24.5 Å². The van der Waals surface area contributed by atoms with Gasteiger partial charge in [0.1, 0.15) is 6.54 Å². The Morgan fingerprint density at radius 1 is 1.44 bits per heavy atom. The first kappa shape index (κ1) is 12.2. The molecule has 1 aromatic rings. The number of hydrogen-bond acceptors (Lipinski definition) is 3. The third-order valence-corrected chi connectivity index (χ3v) is 1.75. The molecule has 0 spiro atoms. The molecule has 1 rings (SSSR count). The van der Waals surface area contributed by atoms with Crippen molar-refractivity contribution in [2.24, 2.45) is 0 Å². The van der Waals surface area contributed by atoms with Crippen LogP contribution in [-0.2, 0) is 0 Å². The average Bonchev–Trinajstić information content (AvgIpc) is 2.13. The number of hydrogen-bond donors (Lipinski definition) is 3. The minimum atomic E-state index is -4.42. The molecule has 0 amide bonds. The Morgan fingerprint density at radius 2 is 2.06 bits per heavy atom. The summed E-state index contributed by atoms with van der Waals surface area (Å²) in [5.41, 5.74) is 5.14. The molecule has 1 aromatic carbocycles. The van der Waals surface area contributed by atoms with Gasteiger partial charge in [-0.1, -0.05) is 0 Å². The van der Waals surface area contributed by atoms with Crippen LogP contribution in [0.15, 0.2) is 18.2 Å². The molecular weight excluding hydrogens is 225 g/mol. The van der Waals surface area contributed by atoms with Crippen LogP contribution < -0.4 is 11.1 Å². The number of benzene rings is 1. The van der Waals surface area contributed by atoms with Gasteiger partial charge in [0.05, 0.1) is 11.3 Å². The minimum Gasteiger partial charge on any atom is -0.478 e. The van der Waals surface area contributed by atoms with Crippen LogP contribution in [0.5, 0.6) is 0 Å². The summed E-state index contributed by atoms with van der Waals surface area (Å²) in [6.45, 7) is -1.31. The summed E-state index contributed by atoms with van der Waals surface area (Å²) in [5.74, 6) is -1.32. The van der Waals surface area contributed by atoms with Crippen LogP contribution in [0.25, 0.3) is 0 Å². The second kappa shape index (κ2) is 4.30. The topological polar surface area (TPSA) is 75.4 Å². The Kier molecular flexibility index (Phi) is 3.26. The van der Waals surface area contributed by atoms with Gasteiger partial charge in [0.2, 0.25) is 0 Å². The zero-order valence-corrected chi connectivity index (χ0v) is 8.01. The summed E-state index contributed by atoms with van der Waals surface area (Å²) in [5, 5.41) is 10.7. The van der Waals surface area contributed by atoms with E-state index >= 15 is 0 Å². The maximum atomic E-state index is 11.9. The number of nitrogens with two attached hydrogens (primary N) is 1. The summed E-state index contributed by atoms with van der Waals surface area (Å²) in [6.07, 6.45) is -4.42. The van der Waals surface area contributed by atoms with E-state index in [9.17, 15) is 18.0 Å². The Morgan fingerprint density at radius 3 is 2.56 bits per heavy atom. The molecule has 0 unspecified atom stereocenters. The van der Waals surface area contributed by atoms with Gasteiger partial charge in [0, 0.05) is 5.69 Å². The van der Waals surface area contributed by atoms with Crippen LogP contribution in [-0.4, -0.2) is 23.8 Å². The Balaban J connectivity index is 2.93. The fourth-order valence-corrected chi connectivity index (χ4v) is 1.09. The zero-order valence-electron chi connectivity index (χ0n) is 8.01. The Labute approximate surface area is 88.9 Å². The van der Waals surface area contributed by atoms with Crippen LogP contribution in [0.2, 0.25) is 0 Å². The van der Waals surface area contributed by atoms with Crippen molar-refractivity contribution in [2.75, 3.05) is 17.6 Å². The second-order valence-corrected chi connectivity index (χ2v) is 3.08. The molecule has 0 aliphatic heterocycles. The van der Waals surface area contributed by atoms with Crippen LogP contribution in [0.3, 0.4) is 0 Å². The maximum Gasteiger partial charge on any atom is 0.405 e. The maximum absolute atomic E-state index is 11.9. The number of rotatable bonds is 3. The number of aromatic carboxylic acids is 1. The van der Waals surface area contributed by atoms with E-state index in [4.69, 9.17) is 10.8 Å². The Hall–Kier alpha value is -1.92. The van der Waals surface area contributed by atoms with Gasteiger partial charge in [-0.15, -0.1) is 0 Å². The number of carboxylic acid groups (broad SMARTS) is 1. The number of carbonyl (C=O) groups is 1. The summed E-state index contributed by atoms with van der Waals surface area (Å²) < 4.78 is 35.8. The third kappa shape index (κ3) is 3.34. The van der Waals surface area contributed by atoms with Crippen molar-refractivity contribution >= 4 is 17.3 Å². The lowest BCUT2D eigenvalue weighted by Crippen LogP contribution is -2.22. The van der Waals surface area contributed by atoms with E-state index in [1.54, 1.807) is 0 Å². The monoisotopic (exact) mass is 234 g/mol. The van der Waals surface area contributed by atoms with Gasteiger partial charge in [-0.3, -0.25) is 0 Å². The number of carboxylic acids is 1. The van der Waals surface area contributed by atoms with Gasteiger partial charge in [-0.05, 0) is 18.2 Å². The molecule has 0 atom stereocenters. The molecule has 0 radical (unpaired) electrons. The van der Waals surface area contributed by atoms with Crippen LogP contribution in [0.1, 0.15) is 10.4 Å². The van der Waals surface area contributed by atoms with E-state index in [2.05, 4.69) is 0 Å². The summed E-state index contributed by atoms with van der Waals surface area (Å²) in [4.78, 5) is 10.7. The molecule has 4 N–H and O–H groups in total. The van der Waals surface area contributed by atoms with Crippen molar-refractivity contribution < 1.29 is 23.1 Å². The van der Waals surface area contributed by atoms with Gasteiger partial charge in [0.15, 0.2) is 0 Å². The van der Waals surface area contributed by atoms with E-state index in [-0.39, 0.29) is 16.9 Å². The molecule has 88 valence electrons. The SMILES string of the molecule is Nc1ccc(C(=O)O)c(NCC(F)(F)F)c1. The smallest absolute Gasteiger partial charge is 0.405 e. The van der Waals surface area contributed by atoms with Crippen molar-refractivity contribution in [1.82, 2.24) is 0 Å². The van der Waals surface area contributed by atoms with Gasteiger partial charge in [0.25, 0.3) is 0 Å². The van der Waals surface area contributed by atoms with Gasteiger partial charge in [-0.25, -0.2) is 4.79 Å². The highest BCUT2D eigenvalue weighted by Crippen LogP contribution is 2.22. The quantitative estimate of drug-likeness (QED) is 0.698. The lowest BCUT2D eigenvalue weighted by Gasteiger charge is -2.12. The summed E-state index contributed by atoms with van der Waals surface area (Å²) in [6, 6.07) is 3.60. The molecule has 4 nitrogen and oxygen atoms in total. The fraction of sp³-hybridized carbons (Fsp3) is 0.222. The molecule has 0 heterocycles. The molecule has 16 heavy (non-hydrogen) atoms. The lowest BCUT2D eigenvalue weighted by molar-refractivity contribution is -0.115. The molecule has 0 fully saturated rings.